The Hall–Kier alpha value is -1.88. The lowest BCUT2D eigenvalue weighted by molar-refractivity contribution is -0.126. The Morgan fingerprint density at radius 3 is 2.70 bits per heavy atom. The molecule has 0 spiro atoms. The van der Waals surface area contributed by atoms with Gasteiger partial charge >= 0.3 is 0 Å². The van der Waals surface area contributed by atoms with Gasteiger partial charge in [-0.05, 0) is 49.9 Å². The topological polar surface area (TPSA) is 58.6 Å². The molecule has 2 atom stereocenters. The van der Waals surface area contributed by atoms with Crippen molar-refractivity contribution in [3.63, 3.8) is 0 Å². The van der Waals surface area contributed by atoms with Crippen LogP contribution in [0, 0.1) is 19.8 Å². The molecule has 5 nitrogen and oxygen atoms in total. The summed E-state index contributed by atoms with van der Waals surface area (Å²) in [5.74, 6) is -0.294. The molecule has 0 unspecified atom stereocenters. The van der Waals surface area contributed by atoms with E-state index < -0.39 is 0 Å². The second-order valence-electron chi connectivity index (χ2n) is 6.63. The van der Waals surface area contributed by atoms with E-state index in [1.807, 2.05) is 26.0 Å². The van der Waals surface area contributed by atoms with Crippen LogP contribution in [-0.4, -0.2) is 37.6 Å². The second kappa shape index (κ2) is 6.71. The molecule has 0 aliphatic carbocycles. The molecule has 2 fully saturated rings. The lowest BCUT2D eigenvalue weighted by Crippen LogP contribution is -2.37. The zero-order chi connectivity index (χ0) is 16.4. The Balaban J connectivity index is 1.61. The van der Waals surface area contributed by atoms with Crippen molar-refractivity contribution in [1.82, 2.24) is 5.32 Å². The highest BCUT2D eigenvalue weighted by Crippen LogP contribution is 2.27. The molecule has 2 aliphatic rings. The van der Waals surface area contributed by atoms with Crippen molar-refractivity contribution >= 4 is 17.5 Å². The van der Waals surface area contributed by atoms with Crippen LogP contribution >= 0.6 is 0 Å². The summed E-state index contributed by atoms with van der Waals surface area (Å²) in [6.45, 7) is 5.82. The van der Waals surface area contributed by atoms with Crippen molar-refractivity contribution in [3.05, 3.63) is 29.3 Å². The van der Waals surface area contributed by atoms with E-state index in [4.69, 9.17) is 4.74 Å². The zero-order valence-corrected chi connectivity index (χ0v) is 13.8. The first kappa shape index (κ1) is 16.0. The predicted molar refractivity (Wildman–Crippen MR) is 88.4 cm³/mol. The molecule has 2 amide bonds. The highest BCUT2D eigenvalue weighted by atomic mass is 16.5. The minimum absolute atomic E-state index is 0.0206. The molecule has 2 aliphatic heterocycles. The van der Waals surface area contributed by atoms with Gasteiger partial charge in [-0.25, -0.2) is 0 Å². The Kier molecular flexibility index (Phi) is 4.66. The lowest BCUT2D eigenvalue weighted by atomic mass is 10.1. The van der Waals surface area contributed by atoms with Gasteiger partial charge < -0.3 is 15.0 Å². The number of hydrogen-bond donors (Lipinski definition) is 1. The number of nitrogens with one attached hydrogen (secondary N) is 1. The fourth-order valence-electron chi connectivity index (χ4n) is 3.40. The van der Waals surface area contributed by atoms with Crippen LogP contribution in [0.2, 0.25) is 0 Å². The largest absolute Gasteiger partial charge is 0.376 e. The van der Waals surface area contributed by atoms with Crippen LogP contribution in [0.4, 0.5) is 5.69 Å². The Bertz CT molecular complexity index is 588. The van der Waals surface area contributed by atoms with Gasteiger partial charge in [0.05, 0.1) is 12.0 Å². The van der Waals surface area contributed by atoms with E-state index in [1.165, 1.54) is 0 Å². The van der Waals surface area contributed by atoms with Crippen molar-refractivity contribution in [3.8, 4) is 0 Å². The molecule has 5 heteroatoms. The highest BCUT2D eigenvalue weighted by Gasteiger charge is 2.35. The number of nitrogens with zero attached hydrogens (tertiary/aromatic N) is 1. The zero-order valence-electron chi connectivity index (χ0n) is 13.8. The average molecular weight is 316 g/mol. The highest BCUT2D eigenvalue weighted by molar-refractivity contribution is 6.00. The van der Waals surface area contributed by atoms with Gasteiger partial charge in [0, 0.05) is 31.8 Å². The molecule has 1 aromatic rings. The number of ether oxygens (including phenoxy) is 1. The summed E-state index contributed by atoms with van der Waals surface area (Å²) in [6.07, 6.45) is 2.47. The van der Waals surface area contributed by atoms with E-state index in [-0.39, 0.29) is 30.3 Å². The summed E-state index contributed by atoms with van der Waals surface area (Å²) in [6, 6.07) is 6.07. The van der Waals surface area contributed by atoms with Crippen molar-refractivity contribution in [2.24, 2.45) is 5.92 Å². The molecule has 2 saturated heterocycles. The maximum absolute atomic E-state index is 12.3. The van der Waals surface area contributed by atoms with Gasteiger partial charge in [-0.1, -0.05) is 6.07 Å². The Labute approximate surface area is 137 Å². The minimum Gasteiger partial charge on any atom is -0.376 e. The van der Waals surface area contributed by atoms with E-state index in [0.29, 0.717) is 13.1 Å². The number of benzene rings is 1. The molecular formula is C18H24N2O3. The van der Waals surface area contributed by atoms with Crippen LogP contribution in [0.1, 0.15) is 30.4 Å². The fraction of sp³-hybridized carbons (Fsp3) is 0.556. The summed E-state index contributed by atoms with van der Waals surface area (Å²) in [4.78, 5) is 26.3. The van der Waals surface area contributed by atoms with Gasteiger partial charge in [0.25, 0.3) is 0 Å². The molecule has 2 heterocycles. The first-order valence-corrected chi connectivity index (χ1v) is 8.31. The van der Waals surface area contributed by atoms with Crippen LogP contribution in [0.3, 0.4) is 0 Å². The molecule has 0 bridgehead atoms. The summed E-state index contributed by atoms with van der Waals surface area (Å²) < 4.78 is 5.51. The molecule has 124 valence electrons. The standard InChI is InChI=1S/C18H24N2O3/c1-12-6-13(2)8-15(7-12)20-11-14(9-17(20)21)18(22)19-10-16-4-3-5-23-16/h6-8,14,16H,3-5,9-11H2,1-2H3,(H,19,22)/t14-,16-/m0/s1. The summed E-state index contributed by atoms with van der Waals surface area (Å²) in [7, 11) is 0. The first-order valence-electron chi connectivity index (χ1n) is 8.31. The first-order chi connectivity index (χ1) is 11.0. The number of anilines is 1. The van der Waals surface area contributed by atoms with Crippen LogP contribution in [0.25, 0.3) is 0 Å². The third kappa shape index (κ3) is 3.72. The van der Waals surface area contributed by atoms with E-state index in [0.717, 1.165) is 36.3 Å². The molecule has 1 aromatic carbocycles. The molecular weight excluding hydrogens is 292 g/mol. The monoisotopic (exact) mass is 316 g/mol. The number of hydrogen-bond acceptors (Lipinski definition) is 3. The van der Waals surface area contributed by atoms with Crippen LogP contribution in [0.15, 0.2) is 18.2 Å². The lowest BCUT2D eigenvalue weighted by Gasteiger charge is -2.18. The van der Waals surface area contributed by atoms with Crippen molar-refractivity contribution < 1.29 is 14.3 Å². The normalized spacial score (nSPS) is 24.3. The van der Waals surface area contributed by atoms with Gasteiger partial charge in [-0.3, -0.25) is 9.59 Å². The number of amides is 2. The van der Waals surface area contributed by atoms with Crippen molar-refractivity contribution in [1.29, 1.82) is 0 Å². The predicted octanol–water partition coefficient (Wildman–Crippen LogP) is 1.95. The molecule has 23 heavy (non-hydrogen) atoms. The van der Waals surface area contributed by atoms with Crippen LogP contribution in [-0.2, 0) is 14.3 Å². The number of rotatable bonds is 4. The minimum atomic E-state index is -0.273. The average Bonchev–Trinajstić information content (AvgIpc) is 3.13. The van der Waals surface area contributed by atoms with E-state index >= 15 is 0 Å². The van der Waals surface area contributed by atoms with Gasteiger partial charge in [-0.2, -0.15) is 0 Å². The molecule has 0 radical (unpaired) electrons. The smallest absolute Gasteiger partial charge is 0.227 e. The number of carbonyl (C=O) groups is 2. The van der Waals surface area contributed by atoms with Crippen LogP contribution in [0.5, 0.6) is 0 Å². The maximum Gasteiger partial charge on any atom is 0.227 e. The van der Waals surface area contributed by atoms with Gasteiger partial charge in [0.1, 0.15) is 0 Å². The Morgan fingerprint density at radius 2 is 2.04 bits per heavy atom. The fourth-order valence-corrected chi connectivity index (χ4v) is 3.40. The van der Waals surface area contributed by atoms with E-state index in [1.54, 1.807) is 4.90 Å². The third-order valence-electron chi connectivity index (χ3n) is 4.54. The molecule has 0 saturated carbocycles. The summed E-state index contributed by atoms with van der Waals surface area (Å²) in [5.41, 5.74) is 3.14. The summed E-state index contributed by atoms with van der Waals surface area (Å²) >= 11 is 0. The third-order valence-corrected chi connectivity index (χ3v) is 4.54. The maximum atomic E-state index is 12.3. The summed E-state index contributed by atoms with van der Waals surface area (Å²) in [5, 5.41) is 2.94. The molecule has 0 aromatic heterocycles. The van der Waals surface area contributed by atoms with Gasteiger partial charge in [0.15, 0.2) is 0 Å². The molecule has 3 rings (SSSR count). The van der Waals surface area contributed by atoms with Crippen LogP contribution < -0.4 is 10.2 Å². The van der Waals surface area contributed by atoms with Crippen molar-refractivity contribution in [2.75, 3.05) is 24.6 Å². The van der Waals surface area contributed by atoms with Gasteiger partial charge in [0.2, 0.25) is 11.8 Å². The van der Waals surface area contributed by atoms with E-state index in [2.05, 4.69) is 11.4 Å². The van der Waals surface area contributed by atoms with E-state index in [9.17, 15) is 9.59 Å². The number of aryl methyl sites for hydroxylation is 2. The molecule has 1 N–H and O–H groups in total. The number of carbonyl (C=O) groups excluding carboxylic acids is 2. The second-order valence-corrected chi connectivity index (χ2v) is 6.63. The Morgan fingerprint density at radius 1 is 1.30 bits per heavy atom. The van der Waals surface area contributed by atoms with Gasteiger partial charge in [-0.15, -0.1) is 0 Å². The van der Waals surface area contributed by atoms with Crippen molar-refractivity contribution in [2.45, 2.75) is 39.2 Å². The quantitative estimate of drug-likeness (QED) is 0.924. The SMILES string of the molecule is Cc1cc(C)cc(N2C[C@@H](C(=O)NC[C@@H]3CCCO3)CC2=O)c1.